The fourth-order valence-electron chi connectivity index (χ4n) is 2.66. The predicted octanol–water partition coefficient (Wildman–Crippen LogP) is 6.11. The lowest BCUT2D eigenvalue weighted by molar-refractivity contribution is -0.385. The number of nitro benzene ring substituents is 1. The van der Waals surface area contributed by atoms with Crippen LogP contribution >= 0.6 is 11.3 Å². The summed E-state index contributed by atoms with van der Waals surface area (Å²) in [6, 6.07) is 15.1. The Morgan fingerprint density at radius 3 is 2.56 bits per heavy atom. The molecule has 0 saturated heterocycles. The second kappa shape index (κ2) is 6.77. The Bertz CT molecular complexity index is 1160. The van der Waals surface area contributed by atoms with Crippen LogP contribution in [-0.2, 0) is 0 Å². The van der Waals surface area contributed by atoms with Crippen LogP contribution in [-0.4, -0.2) is 9.91 Å². The number of nitro groups is 1. The third kappa shape index (κ3) is 3.37. The van der Waals surface area contributed by atoms with Crippen LogP contribution in [0.1, 0.15) is 5.56 Å². The number of rotatable bonds is 4. The second-order valence-corrected chi connectivity index (χ2v) is 7.03. The van der Waals surface area contributed by atoms with Crippen molar-refractivity contribution in [3.8, 4) is 21.9 Å². The van der Waals surface area contributed by atoms with Gasteiger partial charge in [0.25, 0.3) is 5.69 Å². The highest BCUT2D eigenvalue weighted by Gasteiger charge is 2.15. The van der Waals surface area contributed by atoms with E-state index >= 15 is 0 Å². The molecular formula is C20H13FN2O3S. The molecule has 4 aromatic rings. The number of hydrogen-bond donors (Lipinski definition) is 0. The molecular weight excluding hydrogens is 367 g/mol. The number of benzene rings is 2. The maximum atomic E-state index is 14.2. The van der Waals surface area contributed by atoms with Crippen molar-refractivity contribution in [2.45, 2.75) is 6.92 Å². The molecule has 0 radical (unpaired) electrons. The highest BCUT2D eigenvalue weighted by atomic mass is 32.1. The van der Waals surface area contributed by atoms with Gasteiger partial charge in [0.2, 0.25) is 0 Å². The number of thiophene rings is 1. The lowest BCUT2D eigenvalue weighted by Gasteiger charge is -2.07. The number of hydrogen-bond acceptors (Lipinski definition) is 5. The van der Waals surface area contributed by atoms with Crippen LogP contribution in [0, 0.1) is 22.9 Å². The average molecular weight is 380 g/mol. The van der Waals surface area contributed by atoms with Gasteiger partial charge < -0.3 is 4.74 Å². The van der Waals surface area contributed by atoms with E-state index in [1.807, 2.05) is 37.3 Å². The van der Waals surface area contributed by atoms with Gasteiger partial charge in [0.05, 0.1) is 21.2 Å². The SMILES string of the molecule is Cc1ccc(-c2cc3nccc(Oc4ccc([N+](=O)[O-])cc4F)c3s2)cc1. The van der Waals surface area contributed by atoms with Gasteiger partial charge in [0, 0.05) is 23.2 Å². The quantitative estimate of drug-likeness (QED) is 0.316. The zero-order chi connectivity index (χ0) is 19.0. The number of fused-ring (bicyclic) bond motifs is 1. The number of halogens is 1. The summed E-state index contributed by atoms with van der Waals surface area (Å²) in [7, 11) is 0. The molecule has 2 heterocycles. The highest BCUT2D eigenvalue weighted by molar-refractivity contribution is 7.22. The number of ether oxygens (including phenoxy) is 1. The van der Waals surface area contributed by atoms with Crippen molar-refractivity contribution in [2.75, 3.05) is 0 Å². The molecule has 7 heteroatoms. The Kier molecular flexibility index (Phi) is 4.29. The molecule has 4 rings (SSSR count). The van der Waals surface area contributed by atoms with E-state index in [0.717, 1.165) is 26.7 Å². The topological polar surface area (TPSA) is 65.3 Å². The van der Waals surface area contributed by atoms with Crippen LogP contribution in [0.4, 0.5) is 10.1 Å². The highest BCUT2D eigenvalue weighted by Crippen LogP contribution is 2.39. The Balaban J connectivity index is 1.72. The molecule has 0 N–H and O–H groups in total. The number of pyridine rings is 1. The Morgan fingerprint density at radius 2 is 1.85 bits per heavy atom. The van der Waals surface area contributed by atoms with Gasteiger partial charge in [-0.25, -0.2) is 4.39 Å². The van der Waals surface area contributed by atoms with Gasteiger partial charge in [-0.15, -0.1) is 11.3 Å². The van der Waals surface area contributed by atoms with Crippen LogP contribution in [0.15, 0.2) is 60.8 Å². The summed E-state index contributed by atoms with van der Waals surface area (Å²) < 4.78 is 20.6. The molecule has 0 aliphatic carbocycles. The number of non-ortho nitro benzene ring substituents is 1. The summed E-state index contributed by atoms with van der Waals surface area (Å²) in [6.07, 6.45) is 1.59. The lowest BCUT2D eigenvalue weighted by atomic mass is 10.1. The molecule has 0 bridgehead atoms. The van der Waals surface area contributed by atoms with Crippen molar-refractivity contribution in [1.29, 1.82) is 0 Å². The fourth-order valence-corrected chi connectivity index (χ4v) is 3.73. The molecule has 0 unspecified atom stereocenters. The zero-order valence-electron chi connectivity index (χ0n) is 14.2. The van der Waals surface area contributed by atoms with Crippen molar-refractivity contribution in [3.63, 3.8) is 0 Å². The van der Waals surface area contributed by atoms with E-state index in [4.69, 9.17) is 4.74 Å². The maximum absolute atomic E-state index is 14.2. The standard InChI is InChI=1S/C20H13FN2O3S/c1-12-2-4-13(5-3-12)19-11-16-20(27-19)18(8-9-22-16)26-17-7-6-14(23(24)25)10-15(17)21/h2-11H,1H3. The van der Waals surface area contributed by atoms with Gasteiger partial charge in [0.15, 0.2) is 11.6 Å². The van der Waals surface area contributed by atoms with Gasteiger partial charge >= 0.3 is 0 Å². The lowest BCUT2D eigenvalue weighted by Crippen LogP contribution is -1.92. The maximum Gasteiger partial charge on any atom is 0.272 e. The third-order valence-electron chi connectivity index (χ3n) is 4.06. The van der Waals surface area contributed by atoms with Gasteiger partial charge in [-0.2, -0.15) is 0 Å². The molecule has 0 saturated carbocycles. The molecule has 27 heavy (non-hydrogen) atoms. The van der Waals surface area contributed by atoms with Gasteiger partial charge in [0.1, 0.15) is 5.75 Å². The third-order valence-corrected chi connectivity index (χ3v) is 5.25. The van der Waals surface area contributed by atoms with Crippen LogP contribution in [0.2, 0.25) is 0 Å². The first kappa shape index (κ1) is 17.1. The molecule has 0 aliphatic rings. The average Bonchev–Trinajstić information content (AvgIpc) is 3.09. The molecule has 0 spiro atoms. The summed E-state index contributed by atoms with van der Waals surface area (Å²) in [5, 5.41) is 10.7. The minimum absolute atomic E-state index is 0.0709. The molecule has 0 aliphatic heterocycles. The van der Waals surface area contributed by atoms with Crippen molar-refractivity contribution in [2.24, 2.45) is 0 Å². The van der Waals surface area contributed by atoms with E-state index in [1.165, 1.54) is 29.0 Å². The largest absolute Gasteiger partial charge is 0.453 e. The van der Waals surface area contributed by atoms with Crippen LogP contribution in [0.5, 0.6) is 11.5 Å². The molecule has 134 valence electrons. The van der Waals surface area contributed by atoms with E-state index in [0.29, 0.717) is 5.75 Å². The van der Waals surface area contributed by atoms with Crippen molar-refractivity contribution in [1.82, 2.24) is 4.98 Å². The molecule has 2 aromatic heterocycles. The van der Waals surface area contributed by atoms with Crippen LogP contribution in [0.3, 0.4) is 0 Å². The Morgan fingerprint density at radius 1 is 1.07 bits per heavy atom. The van der Waals surface area contributed by atoms with Crippen LogP contribution in [0.25, 0.3) is 20.7 Å². The summed E-state index contributed by atoms with van der Waals surface area (Å²) in [6.45, 7) is 2.03. The fraction of sp³-hybridized carbons (Fsp3) is 0.0500. The molecule has 0 fully saturated rings. The number of nitrogens with zero attached hydrogens (tertiary/aromatic N) is 2. The Labute approximate surface area is 157 Å². The zero-order valence-corrected chi connectivity index (χ0v) is 15.0. The summed E-state index contributed by atoms with van der Waals surface area (Å²) in [5.74, 6) is -0.404. The predicted molar refractivity (Wildman–Crippen MR) is 103 cm³/mol. The van der Waals surface area contributed by atoms with Crippen molar-refractivity contribution < 1.29 is 14.1 Å². The summed E-state index contributed by atoms with van der Waals surface area (Å²) >= 11 is 1.50. The molecule has 0 atom stereocenters. The molecule has 2 aromatic carbocycles. The molecule has 0 amide bonds. The van der Waals surface area contributed by atoms with E-state index in [-0.39, 0.29) is 11.4 Å². The van der Waals surface area contributed by atoms with Gasteiger partial charge in [-0.1, -0.05) is 29.8 Å². The first-order valence-corrected chi connectivity index (χ1v) is 8.90. The van der Waals surface area contributed by atoms with Crippen molar-refractivity contribution in [3.05, 3.63) is 82.3 Å². The van der Waals surface area contributed by atoms with E-state index in [9.17, 15) is 14.5 Å². The van der Waals surface area contributed by atoms with E-state index in [1.54, 1.807) is 12.3 Å². The Hall–Kier alpha value is -3.32. The monoisotopic (exact) mass is 380 g/mol. The summed E-state index contributed by atoms with van der Waals surface area (Å²) in [5.41, 5.74) is 2.67. The molecule has 5 nitrogen and oxygen atoms in total. The first-order chi connectivity index (χ1) is 13.0. The summed E-state index contributed by atoms with van der Waals surface area (Å²) in [4.78, 5) is 15.5. The smallest absolute Gasteiger partial charge is 0.272 e. The van der Waals surface area contributed by atoms with Gasteiger partial charge in [-0.05, 0) is 24.6 Å². The minimum Gasteiger partial charge on any atom is -0.453 e. The second-order valence-electron chi connectivity index (χ2n) is 5.97. The number of aromatic nitrogens is 1. The van der Waals surface area contributed by atoms with Crippen molar-refractivity contribution >= 4 is 27.2 Å². The van der Waals surface area contributed by atoms with E-state index in [2.05, 4.69) is 4.98 Å². The van der Waals surface area contributed by atoms with E-state index < -0.39 is 10.7 Å². The van der Waals surface area contributed by atoms with Crippen LogP contribution < -0.4 is 4.74 Å². The van der Waals surface area contributed by atoms with Gasteiger partial charge in [-0.3, -0.25) is 15.1 Å². The minimum atomic E-state index is -0.788. The normalized spacial score (nSPS) is 10.9. The number of aryl methyl sites for hydroxylation is 1. The first-order valence-electron chi connectivity index (χ1n) is 8.08.